The lowest BCUT2D eigenvalue weighted by molar-refractivity contribution is 0.107. The number of rotatable bonds is 6. The predicted molar refractivity (Wildman–Crippen MR) is 156 cm³/mol. The van der Waals surface area contributed by atoms with Gasteiger partial charge in [-0.25, -0.2) is 8.78 Å². The van der Waals surface area contributed by atoms with Gasteiger partial charge in [0.15, 0.2) is 5.82 Å². The van der Waals surface area contributed by atoms with Gasteiger partial charge in [0.25, 0.3) is 0 Å². The Balaban J connectivity index is 1.35. The maximum atomic E-state index is 16.6. The zero-order valence-electron chi connectivity index (χ0n) is 23.0. The highest BCUT2D eigenvalue weighted by atomic mass is 19.1. The molecule has 7 rings (SSSR count). The summed E-state index contributed by atoms with van der Waals surface area (Å²) in [5.41, 5.74) is 1.22. The first-order valence-electron chi connectivity index (χ1n) is 14.3. The van der Waals surface area contributed by atoms with Crippen molar-refractivity contribution in [2.24, 2.45) is 0 Å². The van der Waals surface area contributed by atoms with Gasteiger partial charge in [0.2, 0.25) is 0 Å². The quantitative estimate of drug-likeness (QED) is 0.346. The molecule has 2 aromatic carbocycles. The fourth-order valence-corrected chi connectivity index (χ4v) is 6.99. The molecule has 41 heavy (non-hydrogen) atoms. The third-order valence-electron chi connectivity index (χ3n) is 9.11. The van der Waals surface area contributed by atoms with Crippen molar-refractivity contribution in [1.82, 2.24) is 25.2 Å². The Morgan fingerprint density at radius 3 is 2.90 bits per heavy atom. The first kappa shape index (κ1) is 26.1. The van der Waals surface area contributed by atoms with E-state index in [4.69, 9.17) is 16.1 Å². The van der Waals surface area contributed by atoms with Crippen LogP contribution in [-0.2, 0) is 0 Å². The highest BCUT2D eigenvalue weighted by Crippen LogP contribution is 2.41. The summed E-state index contributed by atoms with van der Waals surface area (Å²) in [4.78, 5) is 18.2. The molecule has 3 fully saturated rings. The lowest BCUT2D eigenvalue weighted by Crippen LogP contribution is -2.43. The Morgan fingerprint density at radius 2 is 2.10 bits per heavy atom. The largest absolute Gasteiger partial charge is 0.461 e. The second-order valence-corrected chi connectivity index (χ2v) is 11.5. The van der Waals surface area contributed by atoms with Crippen LogP contribution in [0.25, 0.3) is 32.9 Å². The normalized spacial score (nSPS) is 24.1. The molecule has 0 saturated carbocycles. The Labute approximate surface area is 237 Å². The molecule has 0 amide bonds. The minimum absolute atomic E-state index is 0.0899. The highest BCUT2D eigenvalue weighted by Gasteiger charge is 2.49. The van der Waals surface area contributed by atoms with Crippen LogP contribution < -0.4 is 15.0 Å². The van der Waals surface area contributed by atoms with Gasteiger partial charge >= 0.3 is 6.01 Å². The molecular formula is C32H32F2N6O. The van der Waals surface area contributed by atoms with Crippen LogP contribution in [0.3, 0.4) is 0 Å². The topological polar surface area (TPSA) is 66.4 Å². The van der Waals surface area contributed by atoms with E-state index in [0.29, 0.717) is 35.3 Å². The SMILES string of the molecule is C#Cc1cccc2cccc(-c3ncc4c(N(C)C5CCNC5)nc(OC[C@@]56CCCN5C[C@H](F)C6)nc4c3F)c12. The van der Waals surface area contributed by atoms with Crippen molar-refractivity contribution in [3.8, 4) is 29.6 Å². The number of benzene rings is 2. The van der Waals surface area contributed by atoms with Crippen molar-refractivity contribution in [3.63, 3.8) is 0 Å². The van der Waals surface area contributed by atoms with Crippen molar-refractivity contribution in [2.45, 2.75) is 43.4 Å². The Hall–Kier alpha value is -3.87. The number of anilines is 1. The number of hydrogen-bond donors (Lipinski definition) is 1. The monoisotopic (exact) mass is 554 g/mol. The molecule has 210 valence electrons. The molecule has 3 aliphatic heterocycles. The van der Waals surface area contributed by atoms with Crippen LogP contribution in [-0.4, -0.2) is 77.4 Å². The second kappa shape index (κ2) is 10.2. The number of likely N-dealkylation sites (N-methyl/N-ethyl adjacent to an activating group) is 1. The summed E-state index contributed by atoms with van der Waals surface area (Å²) >= 11 is 0. The van der Waals surface area contributed by atoms with Crippen LogP contribution in [0.5, 0.6) is 6.01 Å². The van der Waals surface area contributed by atoms with Crippen LogP contribution >= 0.6 is 0 Å². The highest BCUT2D eigenvalue weighted by molar-refractivity contribution is 6.02. The van der Waals surface area contributed by atoms with E-state index >= 15 is 4.39 Å². The van der Waals surface area contributed by atoms with Gasteiger partial charge in [-0.2, -0.15) is 9.97 Å². The molecule has 4 aromatic rings. The number of alkyl halides is 1. The van der Waals surface area contributed by atoms with Crippen LogP contribution in [0.1, 0.15) is 31.2 Å². The van der Waals surface area contributed by atoms with Crippen molar-refractivity contribution in [2.75, 3.05) is 44.7 Å². The van der Waals surface area contributed by atoms with Crippen molar-refractivity contribution < 1.29 is 13.5 Å². The van der Waals surface area contributed by atoms with E-state index in [2.05, 4.69) is 31.0 Å². The number of nitrogens with one attached hydrogen (secondary N) is 1. The molecule has 3 atom stereocenters. The first-order valence-corrected chi connectivity index (χ1v) is 14.3. The predicted octanol–water partition coefficient (Wildman–Crippen LogP) is 4.72. The second-order valence-electron chi connectivity index (χ2n) is 11.5. The van der Waals surface area contributed by atoms with Gasteiger partial charge < -0.3 is 15.0 Å². The van der Waals surface area contributed by atoms with E-state index in [-0.39, 0.29) is 35.4 Å². The van der Waals surface area contributed by atoms with Crippen LogP contribution in [0.4, 0.5) is 14.6 Å². The lowest BCUT2D eigenvalue weighted by atomic mass is 9.95. The molecule has 5 heterocycles. The van der Waals surface area contributed by atoms with Crippen molar-refractivity contribution in [3.05, 3.63) is 54.0 Å². The minimum Gasteiger partial charge on any atom is -0.461 e. The number of halogens is 2. The summed E-state index contributed by atoms with van der Waals surface area (Å²) in [6.07, 6.45) is 9.83. The molecular weight excluding hydrogens is 522 g/mol. The molecule has 3 aliphatic rings. The Morgan fingerprint density at radius 1 is 1.24 bits per heavy atom. The van der Waals surface area contributed by atoms with Gasteiger partial charge in [-0.1, -0.05) is 36.3 Å². The average Bonchev–Trinajstić information content (AvgIpc) is 3.72. The van der Waals surface area contributed by atoms with Crippen LogP contribution in [0, 0.1) is 18.2 Å². The van der Waals surface area contributed by atoms with Gasteiger partial charge in [0, 0.05) is 55.3 Å². The number of terminal acetylenes is 1. The zero-order valence-corrected chi connectivity index (χ0v) is 23.0. The molecule has 7 nitrogen and oxygen atoms in total. The van der Waals surface area contributed by atoms with Gasteiger partial charge in [0.05, 0.1) is 10.9 Å². The van der Waals surface area contributed by atoms with Crippen LogP contribution in [0.2, 0.25) is 0 Å². The van der Waals surface area contributed by atoms with Crippen molar-refractivity contribution >= 4 is 27.5 Å². The van der Waals surface area contributed by atoms with E-state index in [1.54, 1.807) is 6.20 Å². The van der Waals surface area contributed by atoms with Gasteiger partial charge in [-0.15, -0.1) is 6.42 Å². The number of pyridine rings is 1. The molecule has 9 heteroatoms. The maximum absolute atomic E-state index is 16.6. The summed E-state index contributed by atoms with van der Waals surface area (Å²) in [5.74, 6) is 2.73. The van der Waals surface area contributed by atoms with Gasteiger partial charge in [0.1, 0.15) is 29.8 Å². The van der Waals surface area contributed by atoms with Gasteiger partial charge in [-0.3, -0.25) is 9.88 Å². The Bertz CT molecular complexity index is 1680. The van der Waals surface area contributed by atoms with E-state index in [1.807, 2.05) is 43.4 Å². The standard InChI is InChI=1S/C32H32F2N6O/c1-3-20-7-4-8-21-9-5-10-24(26(20)21)28-27(34)29-25(17-36-28)30(39(2)23-11-13-35-16-23)38-31(37-29)41-19-32-12-6-14-40(32)18-22(33)15-32/h1,4-5,7-10,17,22-23,35H,6,11-16,18-19H2,2H3/t22-,23?,32+/m1/s1. The number of aromatic nitrogens is 3. The summed E-state index contributed by atoms with van der Waals surface area (Å²) < 4.78 is 37.2. The summed E-state index contributed by atoms with van der Waals surface area (Å²) in [5, 5.41) is 5.57. The number of ether oxygens (including phenoxy) is 1. The van der Waals surface area contributed by atoms with Crippen LogP contribution in [0.15, 0.2) is 42.6 Å². The molecule has 0 spiro atoms. The maximum Gasteiger partial charge on any atom is 0.319 e. The van der Waals surface area contributed by atoms with E-state index in [0.717, 1.165) is 49.7 Å². The summed E-state index contributed by atoms with van der Waals surface area (Å²) in [6.45, 7) is 3.26. The smallest absolute Gasteiger partial charge is 0.319 e. The lowest BCUT2D eigenvalue weighted by Gasteiger charge is -2.31. The number of fused-ring (bicyclic) bond motifs is 3. The van der Waals surface area contributed by atoms with E-state index < -0.39 is 12.0 Å². The first-order chi connectivity index (χ1) is 20.0. The molecule has 2 aromatic heterocycles. The van der Waals surface area contributed by atoms with Crippen molar-refractivity contribution in [1.29, 1.82) is 0 Å². The molecule has 0 radical (unpaired) electrons. The molecule has 1 unspecified atom stereocenters. The Kier molecular flexibility index (Phi) is 6.48. The zero-order chi connectivity index (χ0) is 28.1. The molecule has 0 aliphatic carbocycles. The average molecular weight is 555 g/mol. The summed E-state index contributed by atoms with van der Waals surface area (Å²) in [6, 6.07) is 11.6. The fraction of sp³-hybridized carbons (Fsp3) is 0.406. The van der Waals surface area contributed by atoms with E-state index in [9.17, 15) is 4.39 Å². The molecule has 3 saturated heterocycles. The third-order valence-corrected chi connectivity index (χ3v) is 9.11. The van der Waals surface area contributed by atoms with E-state index in [1.165, 1.54) is 0 Å². The fourth-order valence-electron chi connectivity index (χ4n) is 6.99. The van der Waals surface area contributed by atoms with Gasteiger partial charge in [-0.05, 0) is 43.8 Å². The number of hydrogen-bond acceptors (Lipinski definition) is 7. The molecule has 1 N–H and O–H groups in total. The summed E-state index contributed by atoms with van der Waals surface area (Å²) in [7, 11) is 1.96. The third kappa shape index (κ3) is 4.37. The minimum atomic E-state index is -0.868. The molecule has 0 bridgehead atoms. The number of nitrogens with zero attached hydrogens (tertiary/aromatic N) is 5.